The number of H-pyrrole nitrogens is 1. The van der Waals surface area contributed by atoms with Crippen molar-refractivity contribution in [1.82, 2.24) is 10.2 Å². The first-order chi connectivity index (χ1) is 16.1. The number of aromatic nitrogens is 2. The fraction of sp³-hybridized carbons (Fsp3) is 0.179. The summed E-state index contributed by atoms with van der Waals surface area (Å²) < 4.78 is 0. The maximum Gasteiger partial charge on any atom is 0.267 e. The Morgan fingerprint density at radius 3 is 2.24 bits per heavy atom. The van der Waals surface area contributed by atoms with Gasteiger partial charge in [-0.25, -0.2) is 5.10 Å². The second-order valence-electron chi connectivity index (χ2n) is 8.51. The summed E-state index contributed by atoms with van der Waals surface area (Å²) in [6.07, 6.45) is 3.64. The van der Waals surface area contributed by atoms with Crippen molar-refractivity contribution in [2.45, 2.75) is 31.6 Å². The Labute approximate surface area is 192 Å². The number of amides is 1. The van der Waals surface area contributed by atoms with Crippen LogP contribution in [-0.2, 0) is 12.8 Å². The first-order valence-electron chi connectivity index (χ1n) is 11.3. The molecule has 5 heteroatoms. The highest BCUT2D eigenvalue weighted by atomic mass is 16.1. The predicted octanol–water partition coefficient (Wildman–Crippen LogP) is 4.59. The molecule has 0 radical (unpaired) electrons. The summed E-state index contributed by atoms with van der Waals surface area (Å²) in [5.74, 6) is -0.690. The van der Waals surface area contributed by atoms with E-state index >= 15 is 0 Å². The van der Waals surface area contributed by atoms with Crippen LogP contribution in [0.3, 0.4) is 0 Å². The molecule has 1 heterocycles. The summed E-state index contributed by atoms with van der Waals surface area (Å²) in [7, 11) is 0. The lowest BCUT2D eigenvalue weighted by atomic mass is 9.81. The van der Waals surface area contributed by atoms with Crippen LogP contribution >= 0.6 is 0 Å². The lowest BCUT2D eigenvalue weighted by molar-refractivity contribution is 0.1000. The van der Waals surface area contributed by atoms with Gasteiger partial charge in [0.2, 0.25) is 5.91 Å². The van der Waals surface area contributed by atoms with Crippen LogP contribution in [-0.4, -0.2) is 16.1 Å². The number of nitrogens with one attached hydrogen (secondary N) is 1. The quantitative estimate of drug-likeness (QED) is 0.480. The third-order valence-electron chi connectivity index (χ3n) is 6.46. The van der Waals surface area contributed by atoms with Crippen molar-refractivity contribution in [2.24, 2.45) is 5.73 Å². The number of nitrogens with two attached hydrogens (primary N) is 1. The Morgan fingerprint density at radius 2 is 1.52 bits per heavy atom. The average molecular weight is 436 g/mol. The standard InChI is InChI=1S/C28H25N3O2/c29-27(32)22-10-6-9-21(17-22)25(26-23-11-4-5-12-24(23)28(33)31-30-26)20-15-13-19(14-16-20)18-7-2-1-3-8-18/h1-3,6-10,13-17,25H,4-5,11-12H2,(H2,29,32)(H,31,33). The van der Waals surface area contributed by atoms with E-state index in [4.69, 9.17) is 5.73 Å². The monoisotopic (exact) mass is 435 g/mol. The van der Waals surface area contributed by atoms with Gasteiger partial charge in [0, 0.05) is 11.1 Å². The first-order valence-corrected chi connectivity index (χ1v) is 11.3. The van der Waals surface area contributed by atoms with Gasteiger partial charge in [-0.2, -0.15) is 5.10 Å². The molecule has 1 aliphatic rings. The minimum atomic E-state index is -0.466. The maximum absolute atomic E-state index is 12.5. The van der Waals surface area contributed by atoms with Gasteiger partial charge in [0.1, 0.15) is 0 Å². The largest absolute Gasteiger partial charge is 0.366 e. The predicted molar refractivity (Wildman–Crippen MR) is 129 cm³/mol. The fourth-order valence-corrected chi connectivity index (χ4v) is 4.80. The van der Waals surface area contributed by atoms with E-state index in [1.165, 1.54) is 0 Å². The molecule has 3 aromatic carbocycles. The van der Waals surface area contributed by atoms with E-state index in [1.807, 2.05) is 36.4 Å². The highest BCUT2D eigenvalue weighted by Crippen LogP contribution is 2.36. The number of carbonyl (C=O) groups excluding carboxylic acids is 1. The second kappa shape index (κ2) is 8.87. The summed E-state index contributed by atoms with van der Waals surface area (Å²) in [5, 5.41) is 7.27. The topological polar surface area (TPSA) is 88.8 Å². The van der Waals surface area contributed by atoms with Crippen LogP contribution < -0.4 is 11.3 Å². The van der Waals surface area contributed by atoms with Gasteiger partial charge in [-0.15, -0.1) is 0 Å². The van der Waals surface area contributed by atoms with Crippen molar-refractivity contribution in [1.29, 1.82) is 0 Å². The Hall–Kier alpha value is -3.99. The molecule has 0 bridgehead atoms. The van der Waals surface area contributed by atoms with Crippen molar-refractivity contribution in [3.63, 3.8) is 0 Å². The van der Waals surface area contributed by atoms with Crippen molar-refractivity contribution in [3.8, 4) is 11.1 Å². The molecule has 1 unspecified atom stereocenters. The van der Waals surface area contributed by atoms with Crippen LogP contribution in [0.5, 0.6) is 0 Å². The molecule has 33 heavy (non-hydrogen) atoms. The van der Waals surface area contributed by atoms with Gasteiger partial charge in [0.05, 0.1) is 11.6 Å². The van der Waals surface area contributed by atoms with E-state index in [-0.39, 0.29) is 11.5 Å². The molecule has 1 aliphatic carbocycles. The number of hydrogen-bond donors (Lipinski definition) is 2. The molecular formula is C28H25N3O2. The minimum absolute atomic E-state index is 0.0995. The summed E-state index contributed by atoms with van der Waals surface area (Å²) in [5.41, 5.74) is 12.9. The van der Waals surface area contributed by atoms with Gasteiger partial charge in [-0.05, 0) is 65.6 Å². The lowest BCUT2D eigenvalue weighted by Gasteiger charge is -2.24. The third-order valence-corrected chi connectivity index (χ3v) is 6.46. The van der Waals surface area contributed by atoms with E-state index < -0.39 is 5.91 Å². The van der Waals surface area contributed by atoms with Gasteiger partial charge < -0.3 is 5.73 Å². The molecule has 0 saturated heterocycles. The molecule has 1 amide bonds. The number of fused-ring (bicyclic) bond motifs is 1. The van der Waals surface area contributed by atoms with Gasteiger partial charge in [0.25, 0.3) is 5.56 Å². The van der Waals surface area contributed by atoms with Gasteiger partial charge in [0.15, 0.2) is 0 Å². The molecular weight excluding hydrogens is 410 g/mol. The van der Waals surface area contributed by atoms with Crippen LogP contribution in [0.1, 0.15) is 57.1 Å². The third kappa shape index (κ3) is 4.10. The number of rotatable bonds is 5. The molecule has 5 nitrogen and oxygen atoms in total. The highest BCUT2D eigenvalue weighted by Gasteiger charge is 2.26. The molecule has 5 rings (SSSR count). The smallest absolute Gasteiger partial charge is 0.267 e. The van der Waals surface area contributed by atoms with Gasteiger partial charge in [-0.1, -0.05) is 66.7 Å². The Balaban J connectivity index is 1.67. The molecule has 0 saturated carbocycles. The van der Waals surface area contributed by atoms with Crippen molar-refractivity contribution in [2.75, 3.05) is 0 Å². The van der Waals surface area contributed by atoms with Crippen molar-refractivity contribution >= 4 is 5.91 Å². The molecule has 0 spiro atoms. The minimum Gasteiger partial charge on any atom is -0.366 e. The Kier molecular flexibility index (Phi) is 5.61. The van der Waals surface area contributed by atoms with Crippen LogP contribution in [0.25, 0.3) is 11.1 Å². The zero-order valence-electron chi connectivity index (χ0n) is 18.3. The normalized spacial score (nSPS) is 13.8. The van der Waals surface area contributed by atoms with Gasteiger partial charge in [-0.3, -0.25) is 9.59 Å². The number of primary amides is 1. The maximum atomic E-state index is 12.5. The molecule has 1 aromatic heterocycles. The molecule has 0 aliphatic heterocycles. The molecule has 3 N–H and O–H groups in total. The summed E-state index contributed by atoms with van der Waals surface area (Å²) in [4.78, 5) is 24.4. The highest BCUT2D eigenvalue weighted by molar-refractivity contribution is 5.93. The van der Waals surface area contributed by atoms with Crippen LogP contribution in [0.15, 0.2) is 83.7 Å². The van der Waals surface area contributed by atoms with E-state index in [1.54, 1.807) is 6.07 Å². The lowest BCUT2D eigenvalue weighted by Crippen LogP contribution is -2.25. The van der Waals surface area contributed by atoms with Crippen LogP contribution in [0.4, 0.5) is 0 Å². The zero-order chi connectivity index (χ0) is 22.8. The van der Waals surface area contributed by atoms with E-state index in [9.17, 15) is 9.59 Å². The molecule has 0 fully saturated rings. The van der Waals surface area contributed by atoms with Crippen molar-refractivity contribution in [3.05, 3.63) is 123 Å². The molecule has 4 aromatic rings. The van der Waals surface area contributed by atoms with E-state index in [0.717, 1.165) is 64.8 Å². The number of benzene rings is 3. The number of aromatic amines is 1. The first kappa shape index (κ1) is 20.9. The van der Waals surface area contributed by atoms with Gasteiger partial charge >= 0.3 is 0 Å². The summed E-state index contributed by atoms with van der Waals surface area (Å²) in [6.45, 7) is 0. The summed E-state index contributed by atoms with van der Waals surface area (Å²) >= 11 is 0. The second-order valence-corrected chi connectivity index (χ2v) is 8.51. The molecule has 1 atom stereocenters. The number of carbonyl (C=O) groups is 1. The number of nitrogens with zero attached hydrogens (tertiary/aromatic N) is 1. The SMILES string of the molecule is NC(=O)c1cccc(C(c2ccc(-c3ccccc3)cc2)c2n[nH]c(=O)c3c2CCCC3)c1. The van der Waals surface area contributed by atoms with E-state index in [0.29, 0.717) is 5.56 Å². The Morgan fingerprint density at radius 1 is 0.818 bits per heavy atom. The fourth-order valence-electron chi connectivity index (χ4n) is 4.80. The van der Waals surface area contributed by atoms with E-state index in [2.05, 4.69) is 46.6 Å². The average Bonchev–Trinajstić information content (AvgIpc) is 2.87. The summed E-state index contributed by atoms with van der Waals surface area (Å²) in [6, 6.07) is 26.0. The zero-order valence-corrected chi connectivity index (χ0v) is 18.3. The van der Waals surface area contributed by atoms with Crippen LogP contribution in [0.2, 0.25) is 0 Å². The van der Waals surface area contributed by atoms with Crippen molar-refractivity contribution < 1.29 is 4.79 Å². The molecule has 164 valence electrons. The van der Waals surface area contributed by atoms with Crippen LogP contribution in [0, 0.1) is 0 Å². The Bertz CT molecular complexity index is 1360. The number of hydrogen-bond acceptors (Lipinski definition) is 3.